The van der Waals surface area contributed by atoms with E-state index >= 15 is 0 Å². The number of hydrogen-bond donors (Lipinski definition) is 1. The highest BCUT2D eigenvalue weighted by atomic mass is 16.6. The number of nitro benzene ring substituents is 1. The molecule has 19 heavy (non-hydrogen) atoms. The van der Waals surface area contributed by atoms with Crippen LogP contribution in [-0.2, 0) is 4.79 Å². The molecule has 1 aromatic carbocycles. The third kappa shape index (κ3) is 2.54. The molecule has 98 valence electrons. The van der Waals surface area contributed by atoms with E-state index in [4.69, 9.17) is 10.5 Å². The number of carbonyl (C=O) groups is 1. The van der Waals surface area contributed by atoms with Gasteiger partial charge in [0.15, 0.2) is 0 Å². The molecular formula is C12H11N3O4. The van der Waals surface area contributed by atoms with Crippen molar-refractivity contribution >= 4 is 17.3 Å². The molecule has 0 saturated heterocycles. The van der Waals surface area contributed by atoms with Crippen molar-refractivity contribution < 1.29 is 14.5 Å². The summed E-state index contributed by atoms with van der Waals surface area (Å²) in [5.74, 6) is -0.129. The average molecular weight is 261 g/mol. The van der Waals surface area contributed by atoms with Crippen molar-refractivity contribution in [2.75, 3.05) is 5.73 Å². The molecule has 1 heterocycles. The van der Waals surface area contributed by atoms with Crippen molar-refractivity contribution in [2.24, 2.45) is 0 Å². The van der Waals surface area contributed by atoms with Crippen LogP contribution in [0.4, 0.5) is 11.4 Å². The van der Waals surface area contributed by atoms with Crippen LogP contribution in [0.25, 0.3) is 5.69 Å². The third-order valence-corrected chi connectivity index (χ3v) is 2.45. The predicted molar refractivity (Wildman–Crippen MR) is 68.1 cm³/mol. The molecule has 0 aliphatic carbocycles. The molecule has 2 rings (SSSR count). The topological polar surface area (TPSA) is 100 Å². The van der Waals surface area contributed by atoms with E-state index in [1.165, 1.54) is 25.1 Å². The predicted octanol–water partition coefficient (Wildman–Crippen LogP) is 1.89. The van der Waals surface area contributed by atoms with E-state index in [1.807, 2.05) is 0 Å². The molecule has 0 aliphatic heterocycles. The molecule has 0 fully saturated rings. The maximum atomic E-state index is 11.0. The number of rotatable bonds is 3. The lowest BCUT2D eigenvalue weighted by Gasteiger charge is -2.09. The van der Waals surface area contributed by atoms with Gasteiger partial charge in [-0.1, -0.05) is 0 Å². The second-order valence-electron chi connectivity index (χ2n) is 3.81. The van der Waals surface area contributed by atoms with E-state index in [2.05, 4.69) is 0 Å². The first-order valence-electron chi connectivity index (χ1n) is 5.39. The van der Waals surface area contributed by atoms with Crippen LogP contribution < -0.4 is 10.5 Å². The zero-order valence-corrected chi connectivity index (χ0v) is 10.1. The lowest BCUT2D eigenvalue weighted by molar-refractivity contribution is -0.383. The van der Waals surface area contributed by atoms with Crippen LogP contribution in [0.3, 0.4) is 0 Å². The number of aromatic nitrogens is 1. The highest BCUT2D eigenvalue weighted by Crippen LogP contribution is 2.26. The Balaban J connectivity index is 2.43. The fraction of sp³-hybridized carbons (Fsp3) is 0.0833. The first-order valence-corrected chi connectivity index (χ1v) is 5.39. The number of nitrogens with zero attached hydrogens (tertiary/aromatic N) is 2. The molecule has 2 aromatic rings. The largest absolute Gasteiger partial charge is 0.409 e. The lowest BCUT2D eigenvalue weighted by Crippen LogP contribution is -2.06. The van der Waals surface area contributed by atoms with Gasteiger partial charge in [-0.25, -0.2) is 0 Å². The molecule has 0 bridgehead atoms. The Bertz CT molecular complexity index is 648. The number of carbonyl (C=O) groups excluding carboxylic acids is 1. The van der Waals surface area contributed by atoms with Crippen LogP contribution in [0, 0.1) is 10.1 Å². The van der Waals surface area contributed by atoms with Crippen LogP contribution in [0.2, 0.25) is 0 Å². The first kappa shape index (κ1) is 12.6. The van der Waals surface area contributed by atoms with Gasteiger partial charge in [0.2, 0.25) is 5.88 Å². The second kappa shape index (κ2) is 4.81. The summed E-state index contributed by atoms with van der Waals surface area (Å²) in [5.41, 5.74) is 6.07. The zero-order chi connectivity index (χ0) is 14.0. The number of ether oxygens (including phenoxy) is 1. The molecule has 0 aliphatic rings. The van der Waals surface area contributed by atoms with Gasteiger partial charge in [-0.15, -0.1) is 0 Å². The minimum atomic E-state index is -0.554. The Morgan fingerprint density at radius 1 is 1.42 bits per heavy atom. The maximum Gasteiger partial charge on any atom is 0.309 e. The fourth-order valence-electron chi connectivity index (χ4n) is 1.67. The van der Waals surface area contributed by atoms with E-state index in [0.29, 0.717) is 11.6 Å². The molecule has 0 radical (unpaired) electrons. The number of hydrogen-bond acceptors (Lipinski definition) is 5. The van der Waals surface area contributed by atoms with E-state index < -0.39 is 10.9 Å². The van der Waals surface area contributed by atoms with Crippen LogP contribution in [-0.4, -0.2) is 15.5 Å². The Morgan fingerprint density at radius 2 is 2.16 bits per heavy atom. The molecule has 7 nitrogen and oxygen atoms in total. The maximum absolute atomic E-state index is 11.0. The molecule has 2 N–H and O–H groups in total. The van der Waals surface area contributed by atoms with E-state index in [9.17, 15) is 14.9 Å². The third-order valence-electron chi connectivity index (χ3n) is 2.45. The van der Waals surface area contributed by atoms with Gasteiger partial charge in [0.25, 0.3) is 5.69 Å². The molecule has 1 aromatic heterocycles. The van der Waals surface area contributed by atoms with Crippen molar-refractivity contribution in [3.05, 3.63) is 46.6 Å². The van der Waals surface area contributed by atoms with Crippen LogP contribution in [0.1, 0.15) is 6.92 Å². The Labute approximate surface area is 108 Å². The van der Waals surface area contributed by atoms with Gasteiger partial charge in [0, 0.05) is 25.3 Å². The van der Waals surface area contributed by atoms with Crippen molar-refractivity contribution in [3.63, 3.8) is 0 Å². The number of nitro groups is 1. The normalized spacial score (nSPS) is 10.2. The number of nitrogen functional groups attached to an aromatic ring is 1. The highest BCUT2D eigenvalue weighted by molar-refractivity contribution is 5.69. The van der Waals surface area contributed by atoms with Gasteiger partial charge in [0.1, 0.15) is 5.69 Å². The minimum Gasteiger partial charge on any atom is -0.409 e. The van der Waals surface area contributed by atoms with Crippen LogP contribution >= 0.6 is 0 Å². The number of benzene rings is 1. The second-order valence-corrected chi connectivity index (χ2v) is 3.81. The first-order chi connectivity index (χ1) is 8.99. The molecular weight excluding hydrogens is 250 g/mol. The van der Waals surface area contributed by atoms with Gasteiger partial charge in [0.05, 0.1) is 10.6 Å². The SMILES string of the molecule is CC(=O)Oc1cccn1-c1ccc([N+](=O)[O-])c(N)c1. The van der Waals surface area contributed by atoms with Gasteiger partial charge in [-0.05, 0) is 18.2 Å². The monoisotopic (exact) mass is 261 g/mol. The van der Waals surface area contributed by atoms with E-state index in [-0.39, 0.29) is 11.4 Å². The number of esters is 1. The molecule has 0 unspecified atom stereocenters. The standard InChI is InChI=1S/C12H11N3O4/c1-8(16)19-12-3-2-6-14(12)9-4-5-11(15(17)18)10(13)7-9/h2-7H,13H2,1H3. The van der Waals surface area contributed by atoms with Crippen molar-refractivity contribution in [2.45, 2.75) is 6.92 Å². The molecule has 0 atom stereocenters. The summed E-state index contributed by atoms with van der Waals surface area (Å²) in [5, 5.41) is 10.7. The summed E-state index contributed by atoms with van der Waals surface area (Å²) in [6.45, 7) is 1.29. The summed E-state index contributed by atoms with van der Waals surface area (Å²) in [6, 6.07) is 7.59. The zero-order valence-electron chi connectivity index (χ0n) is 10.1. The summed E-state index contributed by atoms with van der Waals surface area (Å²) < 4.78 is 6.58. The summed E-state index contributed by atoms with van der Waals surface area (Å²) >= 11 is 0. The lowest BCUT2D eigenvalue weighted by atomic mass is 10.2. The fourth-order valence-corrected chi connectivity index (χ4v) is 1.67. The molecule has 7 heteroatoms. The van der Waals surface area contributed by atoms with Gasteiger partial charge in [-0.3, -0.25) is 19.5 Å². The van der Waals surface area contributed by atoms with E-state index in [0.717, 1.165) is 0 Å². The number of anilines is 1. The summed E-state index contributed by atoms with van der Waals surface area (Å²) in [6.07, 6.45) is 1.67. The van der Waals surface area contributed by atoms with Crippen LogP contribution in [0.5, 0.6) is 5.88 Å². The smallest absolute Gasteiger partial charge is 0.309 e. The van der Waals surface area contributed by atoms with Crippen molar-refractivity contribution in [3.8, 4) is 11.6 Å². The summed E-state index contributed by atoms with van der Waals surface area (Å²) in [4.78, 5) is 21.1. The van der Waals surface area contributed by atoms with E-state index in [1.54, 1.807) is 22.9 Å². The van der Waals surface area contributed by atoms with Gasteiger partial charge < -0.3 is 10.5 Å². The Kier molecular flexibility index (Phi) is 3.19. The Morgan fingerprint density at radius 3 is 2.74 bits per heavy atom. The van der Waals surface area contributed by atoms with Gasteiger partial charge >= 0.3 is 5.97 Å². The molecule has 0 amide bonds. The van der Waals surface area contributed by atoms with Crippen molar-refractivity contribution in [1.29, 1.82) is 0 Å². The minimum absolute atomic E-state index is 0.0463. The quantitative estimate of drug-likeness (QED) is 0.393. The highest BCUT2D eigenvalue weighted by Gasteiger charge is 2.13. The average Bonchev–Trinajstić information content (AvgIpc) is 2.75. The van der Waals surface area contributed by atoms with Gasteiger partial charge in [-0.2, -0.15) is 0 Å². The van der Waals surface area contributed by atoms with Crippen LogP contribution in [0.15, 0.2) is 36.5 Å². The molecule has 0 saturated carbocycles. The number of nitrogens with two attached hydrogens (primary N) is 1. The summed E-state index contributed by atoms with van der Waals surface area (Å²) in [7, 11) is 0. The Hall–Kier alpha value is -2.83. The van der Waals surface area contributed by atoms with Crippen molar-refractivity contribution in [1.82, 2.24) is 4.57 Å². The molecule has 0 spiro atoms.